The Labute approximate surface area is 168 Å². The summed E-state index contributed by atoms with van der Waals surface area (Å²) in [7, 11) is 2.14. The van der Waals surface area contributed by atoms with E-state index in [1.165, 1.54) is 17.7 Å². The number of hydrogen-bond donors (Lipinski definition) is 2. The monoisotopic (exact) mass is 401 g/mol. The Morgan fingerprint density at radius 2 is 1.62 bits per heavy atom. The Hall–Kier alpha value is -3.19. The van der Waals surface area contributed by atoms with Crippen LogP contribution in [0, 0.1) is 5.82 Å². The molecule has 0 saturated carbocycles. The molecule has 154 valence electrons. The molecule has 0 unspecified atom stereocenters. The minimum Gasteiger partial charge on any atom is -0.490 e. The van der Waals surface area contributed by atoms with E-state index >= 15 is 0 Å². The molecule has 1 saturated heterocycles. The maximum atomic E-state index is 13.0. The summed E-state index contributed by atoms with van der Waals surface area (Å²) < 4.78 is 19.1. The molecule has 7 heteroatoms. The molecule has 2 N–H and O–H groups in total. The van der Waals surface area contributed by atoms with Crippen LogP contribution in [0.2, 0.25) is 0 Å². The summed E-state index contributed by atoms with van der Waals surface area (Å²) >= 11 is 0. The van der Waals surface area contributed by atoms with Crippen molar-refractivity contribution in [1.29, 1.82) is 0 Å². The number of ether oxygens (including phenoxy) is 1. The predicted octanol–water partition coefficient (Wildman–Crippen LogP) is 3.40. The number of likely N-dealkylation sites (N-methyl/N-ethyl adjacent to an activating group) is 1. The van der Waals surface area contributed by atoms with Crippen molar-refractivity contribution in [2.45, 2.75) is 18.4 Å². The van der Waals surface area contributed by atoms with Gasteiger partial charge in [-0.15, -0.1) is 0 Å². The van der Waals surface area contributed by atoms with Crippen molar-refractivity contribution in [3.05, 3.63) is 78.1 Å². The number of likely N-dealkylation sites (tertiary alicyclic amines) is 1. The van der Waals surface area contributed by atoms with Gasteiger partial charge in [0.05, 0.1) is 0 Å². The van der Waals surface area contributed by atoms with E-state index in [4.69, 9.17) is 14.9 Å². The number of carboxylic acid groups (broad SMARTS) is 2. The summed E-state index contributed by atoms with van der Waals surface area (Å²) in [6.45, 7) is 2.01. The van der Waals surface area contributed by atoms with Gasteiger partial charge >= 0.3 is 11.9 Å². The molecular weight excluding hydrogens is 377 g/mol. The molecule has 1 aliphatic heterocycles. The Balaban J connectivity index is 0.000000321. The minimum absolute atomic E-state index is 0.133. The molecule has 2 aromatic rings. The Morgan fingerprint density at radius 3 is 2.17 bits per heavy atom. The third kappa shape index (κ3) is 7.75. The molecule has 0 bridgehead atoms. The molecule has 29 heavy (non-hydrogen) atoms. The standard InChI is InChI=1S/C18H20FNO.C4H4O4/c1-20-12-11-18(21-16-9-7-15(19)8-10-16)17(13-20)14-5-3-2-4-6-14;5-3(6)1-2-4(7)8/h2-10,17-18H,11-13H2,1H3;1-2H,(H,5,6)(H,7,8)/t17-,18-;/m0./s1. The third-order valence-electron chi connectivity index (χ3n) is 4.45. The lowest BCUT2D eigenvalue weighted by Gasteiger charge is -2.37. The van der Waals surface area contributed by atoms with Crippen LogP contribution in [0.1, 0.15) is 17.9 Å². The van der Waals surface area contributed by atoms with Gasteiger partial charge in [-0.05, 0) is 43.3 Å². The first kappa shape index (κ1) is 22.1. The van der Waals surface area contributed by atoms with Crippen LogP contribution in [-0.4, -0.2) is 53.3 Å². The third-order valence-corrected chi connectivity index (χ3v) is 4.45. The molecule has 1 aliphatic rings. The van der Waals surface area contributed by atoms with Crippen LogP contribution in [-0.2, 0) is 9.59 Å². The largest absolute Gasteiger partial charge is 0.490 e. The van der Waals surface area contributed by atoms with Crippen LogP contribution in [0.5, 0.6) is 5.75 Å². The summed E-state index contributed by atoms with van der Waals surface area (Å²) in [6, 6.07) is 16.8. The van der Waals surface area contributed by atoms with Gasteiger partial charge in [0, 0.05) is 31.2 Å². The van der Waals surface area contributed by atoms with Gasteiger partial charge in [0.25, 0.3) is 0 Å². The Morgan fingerprint density at radius 1 is 1.03 bits per heavy atom. The highest BCUT2D eigenvalue weighted by Gasteiger charge is 2.30. The molecule has 3 rings (SSSR count). The van der Waals surface area contributed by atoms with Gasteiger partial charge in [-0.25, -0.2) is 14.0 Å². The van der Waals surface area contributed by atoms with Crippen LogP contribution < -0.4 is 4.74 Å². The van der Waals surface area contributed by atoms with Crippen molar-refractivity contribution >= 4 is 11.9 Å². The van der Waals surface area contributed by atoms with Gasteiger partial charge < -0.3 is 19.8 Å². The summed E-state index contributed by atoms with van der Waals surface area (Å²) in [6.07, 6.45) is 2.23. The number of halogens is 1. The zero-order valence-electron chi connectivity index (χ0n) is 16.1. The van der Waals surface area contributed by atoms with Crippen molar-refractivity contribution < 1.29 is 28.9 Å². The van der Waals surface area contributed by atoms with E-state index in [1.807, 2.05) is 6.07 Å². The lowest BCUT2D eigenvalue weighted by molar-refractivity contribution is -0.134. The van der Waals surface area contributed by atoms with Gasteiger partial charge in [-0.1, -0.05) is 30.3 Å². The number of hydrogen-bond acceptors (Lipinski definition) is 4. The maximum Gasteiger partial charge on any atom is 0.328 e. The molecule has 6 nitrogen and oxygen atoms in total. The van der Waals surface area contributed by atoms with Crippen molar-refractivity contribution in [2.75, 3.05) is 20.1 Å². The SMILES string of the molecule is CN1CC[C@H](Oc2ccc(F)cc2)[C@H](c2ccccc2)C1.O=C(O)C=CC(=O)O. The van der Waals surface area contributed by atoms with Crippen molar-refractivity contribution in [3.8, 4) is 5.75 Å². The van der Waals surface area contributed by atoms with Crippen LogP contribution in [0.3, 0.4) is 0 Å². The lowest BCUT2D eigenvalue weighted by atomic mass is 9.88. The molecular formula is C22H24FNO5. The van der Waals surface area contributed by atoms with Crippen molar-refractivity contribution in [2.24, 2.45) is 0 Å². The Bertz CT molecular complexity index is 807. The smallest absolute Gasteiger partial charge is 0.328 e. The zero-order chi connectivity index (χ0) is 21.2. The highest BCUT2D eigenvalue weighted by atomic mass is 19.1. The first-order valence-corrected chi connectivity index (χ1v) is 9.15. The quantitative estimate of drug-likeness (QED) is 0.747. The van der Waals surface area contributed by atoms with E-state index in [-0.39, 0.29) is 11.9 Å². The normalized spacial score (nSPS) is 19.2. The second kappa shape index (κ2) is 11.0. The van der Waals surface area contributed by atoms with Gasteiger partial charge in [0.1, 0.15) is 17.7 Å². The van der Waals surface area contributed by atoms with Gasteiger partial charge in [-0.3, -0.25) is 0 Å². The van der Waals surface area contributed by atoms with Gasteiger partial charge in [-0.2, -0.15) is 0 Å². The molecule has 0 spiro atoms. The molecule has 1 fully saturated rings. The highest BCUT2D eigenvalue weighted by molar-refractivity contribution is 5.89. The van der Waals surface area contributed by atoms with Crippen LogP contribution in [0.15, 0.2) is 66.7 Å². The number of rotatable bonds is 5. The van der Waals surface area contributed by atoms with E-state index in [2.05, 4.69) is 36.2 Å². The maximum absolute atomic E-state index is 13.0. The summed E-state index contributed by atoms with van der Waals surface area (Å²) in [5.41, 5.74) is 1.30. The van der Waals surface area contributed by atoms with Crippen molar-refractivity contribution in [1.82, 2.24) is 4.90 Å². The van der Waals surface area contributed by atoms with E-state index in [0.717, 1.165) is 25.3 Å². The fourth-order valence-corrected chi connectivity index (χ4v) is 3.09. The van der Waals surface area contributed by atoms with Crippen molar-refractivity contribution in [3.63, 3.8) is 0 Å². The second-order valence-electron chi connectivity index (χ2n) is 6.69. The number of aliphatic carboxylic acids is 2. The average Bonchev–Trinajstić information content (AvgIpc) is 2.70. The van der Waals surface area contributed by atoms with E-state index in [0.29, 0.717) is 18.1 Å². The summed E-state index contributed by atoms with van der Waals surface area (Å²) in [5.74, 6) is -1.66. The Kier molecular flexibility index (Phi) is 8.36. The highest BCUT2D eigenvalue weighted by Crippen LogP contribution is 2.30. The molecule has 0 aliphatic carbocycles. The number of piperidine rings is 1. The topological polar surface area (TPSA) is 87.1 Å². The number of carbonyl (C=O) groups is 2. The van der Waals surface area contributed by atoms with Crippen LogP contribution in [0.4, 0.5) is 4.39 Å². The van der Waals surface area contributed by atoms with Crippen LogP contribution in [0.25, 0.3) is 0 Å². The van der Waals surface area contributed by atoms with Crippen LogP contribution >= 0.6 is 0 Å². The average molecular weight is 401 g/mol. The fraction of sp³-hybridized carbons (Fsp3) is 0.273. The molecule has 0 aromatic heterocycles. The second-order valence-corrected chi connectivity index (χ2v) is 6.69. The predicted molar refractivity (Wildman–Crippen MR) is 107 cm³/mol. The molecule has 1 heterocycles. The molecule has 2 aromatic carbocycles. The summed E-state index contributed by atoms with van der Waals surface area (Å²) in [5, 5.41) is 15.6. The molecule has 0 radical (unpaired) electrons. The zero-order valence-corrected chi connectivity index (χ0v) is 16.1. The summed E-state index contributed by atoms with van der Waals surface area (Å²) in [4.78, 5) is 21.4. The van der Waals surface area contributed by atoms with E-state index in [1.54, 1.807) is 12.1 Å². The number of benzene rings is 2. The van der Waals surface area contributed by atoms with E-state index < -0.39 is 11.9 Å². The molecule has 2 atom stereocenters. The number of carboxylic acids is 2. The first-order valence-electron chi connectivity index (χ1n) is 9.15. The van der Waals surface area contributed by atoms with Gasteiger partial charge in [0.2, 0.25) is 0 Å². The lowest BCUT2D eigenvalue weighted by Crippen LogP contribution is -2.42. The van der Waals surface area contributed by atoms with E-state index in [9.17, 15) is 14.0 Å². The number of nitrogens with zero attached hydrogens (tertiary/aromatic N) is 1. The minimum atomic E-state index is -1.26. The fourth-order valence-electron chi connectivity index (χ4n) is 3.09. The first-order chi connectivity index (χ1) is 13.8. The van der Waals surface area contributed by atoms with Gasteiger partial charge in [0.15, 0.2) is 0 Å². The molecule has 0 amide bonds.